The van der Waals surface area contributed by atoms with Crippen LogP contribution >= 0.6 is 0 Å². The number of amides is 2. The molecule has 0 saturated heterocycles. The van der Waals surface area contributed by atoms with Crippen molar-refractivity contribution in [2.75, 3.05) is 20.2 Å². The lowest BCUT2D eigenvalue weighted by molar-refractivity contribution is -0.130. The zero-order valence-corrected chi connectivity index (χ0v) is 15.9. The van der Waals surface area contributed by atoms with Gasteiger partial charge in [0.25, 0.3) is 5.91 Å². The number of hydrogen-bond donors (Lipinski definition) is 1. The molecule has 0 spiro atoms. The summed E-state index contributed by atoms with van der Waals surface area (Å²) < 4.78 is 5.44. The molecule has 27 heavy (non-hydrogen) atoms. The maximum atomic E-state index is 12.3. The quantitative estimate of drug-likeness (QED) is 0.693. The van der Waals surface area contributed by atoms with Crippen molar-refractivity contribution in [3.05, 3.63) is 77.9 Å². The fraction of sp³-hybridized carbons (Fsp3) is 0.273. The predicted molar refractivity (Wildman–Crippen MR) is 107 cm³/mol. The first-order valence-corrected chi connectivity index (χ1v) is 8.91. The van der Waals surface area contributed by atoms with Crippen molar-refractivity contribution < 1.29 is 14.3 Å². The topological polar surface area (TPSA) is 58.6 Å². The number of hydrogen-bond acceptors (Lipinski definition) is 3. The molecule has 0 aliphatic rings. The maximum absolute atomic E-state index is 12.3. The van der Waals surface area contributed by atoms with E-state index in [-0.39, 0.29) is 18.2 Å². The van der Waals surface area contributed by atoms with Crippen LogP contribution in [-0.4, -0.2) is 36.9 Å². The molecule has 0 fully saturated rings. The minimum absolute atomic E-state index is 0.0212. The van der Waals surface area contributed by atoms with Crippen LogP contribution in [0, 0.1) is 6.92 Å². The van der Waals surface area contributed by atoms with Gasteiger partial charge in [-0.3, -0.25) is 9.59 Å². The molecule has 0 radical (unpaired) electrons. The van der Waals surface area contributed by atoms with Crippen molar-refractivity contribution in [3.8, 4) is 5.75 Å². The highest BCUT2D eigenvalue weighted by molar-refractivity contribution is 5.95. The second-order valence-electron chi connectivity index (χ2n) is 6.31. The van der Waals surface area contributed by atoms with E-state index in [0.29, 0.717) is 25.3 Å². The Kier molecular flexibility index (Phi) is 7.62. The largest absolute Gasteiger partial charge is 0.490 e. The number of ether oxygens (including phenoxy) is 1. The van der Waals surface area contributed by atoms with Crippen LogP contribution in [0.1, 0.15) is 27.9 Å². The minimum Gasteiger partial charge on any atom is -0.490 e. The van der Waals surface area contributed by atoms with Gasteiger partial charge >= 0.3 is 0 Å². The van der Waals surface area contributed by atoms with Gasteiger partial charge in [-0.05, 0) is 36.2 Å². The fourth-order valence-electron chi connectivity index (χ4n) is 2.60. The molecule has 0 bridgehead atoms. The Morgan fingerprint density at radius 2 is 1.85 bits per heavy atom. The summed E-state index contributed by atoms with van der Waals surface area (Å²) in [5, 5.41) is 2.81. The van der Waals surface area contributed by atoms with Crippen LogP contribution in [0.5, 0.6) is 5.75 Å². The smallest absolute Gasteiger partial charge is 0.251 e. The van der Waals surface area contributed by atoms with E-state index in [2.05, 4.69) is 11.9 Å². The Morgan fingerprint density at radius 3 is 2.52 bits per heavy atom. The number of rotatable bonds is 9. The first-order valence-electron chi connectivity index (χ1n) is 8.91. The SMILES string of the molecule is C=CCOc1ccc(CN(C)C(=O)CCNC(=O)c2ccccc2C)cc1. The van der Waals surface area contributed by atoms with Gasteiger partial charge in [0, 0.05) is 32.1 Å². The van der Waals surface area contributed by atoms with Crippen molar-refractivity contribution in [2.45, 2.75) is 19.9 Å². The third kappa shape index (κ3) is 6.29. The zero-order chi connectivity index (χ0) is 19.6. The summed E-state index contributed by atoms with van der Waals surface area (Å²) in [6.07, 6.45) is 1.95. The molecule has 5 heteroatoms. The van der Waals surface area contributed by atoms with Gasteiger partial charge in [0.1, 0.15) is 12.4 Å². The van der Waals surface area contributed by atoms with Gasteiger partial charge in [0.05, 0.1) is 0 Å². The van der Waals surface area contributed by atoms with E-state index in [4.69, 9.17) is 4.74 Å². The molecule has 1 N–H and O–H groups in total. The highest BCUT2D eigenvalue weighted by atomic mass is 16.5. The summed E-state index contributed by atoms with van der Waals surface area (Å²) in [5.74, 6) is 0.595. The highest BCUT2D eigenvalue weighted by Crippen LogP contribution is 2.13. The lowest BCUT2D eigenvalue weighted by atomic mass is 10.1. The molecule has 0 aliphatic heterocycles. The summed E-state index contributed by atoms with van der Waals surface area (Å²) >= 11 is 0. The molecule has 0 aliphatic carbocycles. The van der Waals surface area contributed by atoms with Gasteiger partial charge in [-0.15, -0.1) is 0 Å². The number of nitrogens with zero attached hydrogens (tertiary/aromatic N) is 1. The number of benzene rings is 2. The molecule has 2 aromatic rings. The number of carbonyl (C=O) groups excluding carboxylic acids is 2. The van der Waals surface area contributed by atoms with Crippen molar-refractivity contribution >= 4 is 11.8 Å². The summed E-state index contributed by atoms with van der Waals surface area (Å²) in [6, 6.07) is 15.0. The predicted octanol–water partition coefficient (Wildman–Crippen LogP) is 3.34. The molecular weight excluding hydrogens is 340 g/mol. The minimum atomic E-state index is -0.154. The van der Waals surface area contributed by atoms with Crippen LogP contribution in [0.15, 0.2) is 61.2 Å². The van der Waals surface area contributed by atoms with E-state index in [9.17, 15) is 9.59 Å². The van der Waals surface area contributed by atoms with Crippen molar-refractivity contribution in [2.24, 2.45) is 0 Å². The Hall–Kier alpha value is -3.08. The van der Waals surface area contributed by atoms with Crippen LogP contribution in [-0.2, 0) is 11.3 Å². The number of aryl methyl sites for hydroxylation is 1. The van der Waals surface area contributed by atoms with E-state index in [1.165, 1.54) is 0 Å². The van der Waals surface area contributed by atoms with Crippen LogP contribution in [0.25, 0.3) is 0 Å². The second-order valence-corrected chi connectivity index (χ2v) is 6.31. The lowest BCUT2D eigenvalue weighted by Gasteiger charge is -2.18. The van der Waals surface area contributed by atoms with Crippen LogP contribution in [0.2, 0.25) is 0 Å². The van der Waals surface area contributed by atoms with Crippen LogP contribution < -0.4 is 10.1 Å². The van der Waals surface area contributed by atoms with Gasteiger partial charge in [-0.2, -0.15) is 0 Å². The van der Waals surface area contributed by atoms with Crippen molar-refractivity contribution in [3.63, 3.8) is 0 Å². The van der Waals surface area contributed by atoms with Crippen molar-refractivity contribution in [1.29, 1.82) is 0 Å². The molecule has 2 rings (SSSR count). The third-order valence-electron chi connectivity index (χ3n) is 4.15. The zero-order valence-electron chi connectivity index (χ0n) is 15.9. The summed E-state index contributed by atoms with van der Waals surface area (Å²) in [6.45, 7) is 6.78. The van der Waals surface area contributed by atoms with Gasteiger partial charge in [0.2, 0.25) is 5.91 Å². The Morgan fingerprint density at radius 1 is 1.15 bits per heavy atom. The second kappa shape index (κ2) is 10.2. The molecular formula is C22H26N2O3. The molecule has 0 aromatic heterocycles. The number of nitrogens with one attached hydrogen (secondary N) is 1. The molecule has 0 atom stereocenters. The van der Waals surface area contributed by atoms with Crippen LogP contribution in [0.3, 0.4) is 0 Å². The van der Waals surface area contributed by atoms with E-state index in [1.807, 2.05) is 49.4 Å². The van der Waals surface area contributed by atoms with Gasteiger partial charge < -0.3 is 15.0 Å². The molecule has 0 saturated carbocycles. The average Bonchev–Trinajstić information content (AvgIpc) is 2.67. The fourth-order valence-corrected chi connectivity index (χ4v) is 2.60. The Labute approximate surface area is 160 Å². The van der Waals surface area contributed by atoms with E-state index in [0.717, 1.165) is 16.9 Å². The maximum Gasteiger partial charge on any atom is 0.251 e. The standard InChI is InChI=1S/C22H26N2O3/c1-4-15-27-19-11-9-18(10-12-19)16-24(3)21(25)13-14-23-22(26)20-8-6-5-7-17(20)2/h4-12H,1,13-16H2,2-3H3,(H,23,26). The Balaban J connectivity index is 1.77. The summed E-state index contributed by atoms with van der Waals surface area (Å²) in [7, 11) is 1.76. The Bertz CT molecular complexity index is 784. The summed E-state index contributed by atoms with van der Waals surface area (Å²) in [4.78, 5) is 26.1. The molecule has 0 heterocycles. The van der Waals surface area contributed by atoms with Crippen molar-refractivity contribution in [1.82, 2.24) is 10.2 Å². The highest BCUT2D eigenvalue weighted by Gasteiger charge is 2.12. The van der Waals surface area contributed by atoms with Gasteiger partial charge in [-0.25, -0.2) is 0 Å². The van der Waals surface area contributed by atoms with E-state index in [1.54, 1.807) is 24.1 Å². The van der Waals surface area contributed by atoms with E-state index >= 15 is 0 Å². The lowest BCUT2D eigenvalue weighted by Crippen LogP contribution is -2.32. The van der Waals surface area contributed by atoms with Gasteiger partial charge in [0.15, 0.2) is 0 Å². The van der Waals surface area contributed by atoms with Gasteiger partial charge in [-0.1, -0.05) is 43.0 Å². The molecule has 0 unspecified atom stereocenters. The molecule has 5 nitrogen and oxygen atoms in total. The third-order valence-corrected chi connectivity index (χ3v) is 4.15. The average molecular weight is 366 g/mol. The summed E-state index contributed by atoms with van der Waals surface area (Å²) in [5.41, 5.74) is 2.57. The first kappa shape index (κ1) is 20.2. The number of carbonyl (C=O) groups is 2. The first-order chi connectivity index (χ1) is 13.0. The monoisotopic (exact) mass is 366 g/mol. The van der Waals surface area contributed by atoms with Crippen LogP contribution in [0.4, 0.5) is 0 Å². The normalized spacial score (nSPS) is 10.1. The molecule has 2 aromatic carbocycles. The molecule has 2 amide bonds. The van der Waals surface area contributed by atoms with E-state index < -0.39 is 0 Å². The molecule has 142 valence electrons.